The minimum Gasteiger partial charge on any atom is -0.381 e. The summed E-state index contributed by atoms with van der Waals surface area (Å²) in [7, 11) is 0. The molecule has 0 radical (unpaired) electrons. The molecule has 1 fully saturated rings. The predicted octanol–water partition coefficient (Wildman–Crippen LogP) is 2.26. The van der Waals surface area contributed by atoms with Crippen LogP contribution in [0.4, 0.5) is 0 Å². The molecule has 108 valence electrons. The smallest absolute Gasteiger partial charge is 0.0469 e. The molecule has 3 N–H and O–H groups in total. The molecule has 0 aromatic heterocycles. The van der Waals surface area contributed by atoms with Gasteiger partial charge in [-0.1, -0.05) is 27.7 Å². The Balaban J connectivity index is 2.42. The Kier molecular flexibility index (Phi) is 7.20. The van der Waals surface area contributed by atoms with Gasteiger partial charge in [-0.05, 0) is 43.1 Å². The van der Waals surface area contributed by atoms with E-state index in [1.54, 1.807) is 0 Å². The molecule has 0 aliphatic carbocycles. The van der Waals surface area contributed by atoms with Gasteiger partial charge in [-0.15, -0.1) is 0 Å². The fourth-order valence-electron chi connectivity index (χ4n) is 3.09. The van der Waals surface area contributed by atoms with Crippen LogP contribution in [0.15, 0.2) is 0 Å². The summed E-state index contributed by atoms with van der Waals surface area (Å²) in [5, 5.41) is 3.72. The quantitative estimate of drug-likeness (QED) is 0.734. The van der Waals surface area contributed by atoms with Crippen molar-refractivity contribution in [2.75, 3.05) is 26.3 Å². The Morgan fingerprint density at radius 3 is 2.11 bits per heavy atom. The normalized spacial score (nSPS) is 20.0. The van der Waals surface area contributed by atoms with Gasteiger partial charge in [0.2, 0.25) is 0 Å². The minimum atomic E-state index is 0.467. The van der Waals surface area contributed by atoms with E-state index in [2.05, 4.69) is 33.0 Å². The van der Waals surface area contributed by atoms with E-state index in [0.717, 1.165) is 56.9 Å². The van der Waals surface area contributed by atoms with Crippen molar-refractivity contribution in [1.29, 1.82) is 0 Å². The molecule has 18 heavy (non-hydrogen) atoms. The van der Waals surface area contributed by atoms with Crippen LogP contribution in [-0.4, -0.2) is 32.3 Å². The average molecular weight is 256 g/mol. The van der Waals surface area contributed by atoms with Gasteiger partial charge in [0.05, 0.1) is 0 Å². The topological polar surface area (TPSA) is 47.3 Å². The number of hydrogen-bond acceptors (Lipinski definition) is 3. The molecule has 1 saturated heterocycles. The highest BCUT2D eigenvalue weighted by atomic mass is 16.5. The van der Waals surface area contributed by atoms with Crippen LogP contribution in [0.5, 0.6) is 0 Å². The molecule has 0 spiro atoms. The molecule has 1 aliphatic rings. The molecule has 0 bridgehead atoms. The van der Waals surface area contributed by atoms with Crippen LogP contribution in [-0.2, 0) is 4.74 Å². The van der Waals surface area contributed by atoms with Crippen molar-refractivity contribution in [3.05, 3.63) is 0 Å². The van der Waals surface area contributed by atoms with E-state index < -0.39 is 0 Å². The summed E-state index contributed by atoms with van der Waals surface area (Å²) in [6.07, 6.45) is 2.31. The van der Waals surface area contributed by atoms with Crippen molar-refractivity contribution in [2.45, 2.75) is 46.6 Å². The van der Waals surface area contributed by atoms with Gasteiger partial charge < -0.3 is 15.8 Å². The average Bonchev–Trinajstić information content (AvgIpc) is 2.34. The van der Waals surface area contributed by atoms with Crippen molar-refractivity contribution in [2.24, 2.45) is 29.4 Å². The first-order valence-electron chi connectivity index (χ1n) is 7.57. The maximum atomic E-state index is 5.94. The summed E-state index contributed by atoms with van der Waals surface area (Å²) >= 11 is 0. The van der Waals surface area contributed by atoms with Crippen LogP contribution < -0.4 is 11.1 Å². The Hall–Kier alpha value is -0.120. The van der Waals surface area contributed by atoms with Crippen molar-refractivity contribution in [3.8, 4) is 0 Å². The molecule has 1 unspecified atom stereocenters. The van der Waals surface area contributed by atoms with Gasteiger partial charge in [-0.3, -0.25) is 0 Å². The molecule has 0 amide bonds. The first-order valence-corrected chi connectivity index (χ1v) is 7.57. The Bertz CT molecular complexity index is 205. The third-order valence-electron chi connectivity index (χ3n) is 4.42. The lowest BCUT2D eigenvalue weighted by atomic mass is 9.84. The highest BCUT2D eigenvalue weighted by Crippen LogP contribution is 2.22. The zero-order chi connectivity index (χ0) is 13.5. The fraction of sp³-hybridized carbons (Fsp3) is 1.00. The zero-order valence-corrected chi connectivity index (χ0v) is 12.6. The van der Waals surface area contributed by atoms with Gasteiger partial charge in [0, 0.05) is 25.8 Å². The Labute approximate surface area is 113 Å². The van der Waals surface area contributed by atoms with Gasteiger partial charge in [-0.25, -0.2) is 0 Å². The van der Waals surface area contributed by atoms with Gasteiger partial charge >= 0.3 is 0 Å². The monoisotopic (exact) mass is 256 g/mol. The van der Waals surface area contributed by atoms with Crippen LogP contribution in [0.25, 0.3) is 0 Å². The number of nitrogens with one attached hydrogen (secondary N) is 1. The number of ether oxygens (including phenoxy) is 1. The van der Waals surface area contributed by atoms with Gasteiger partial charge in [-0.2, -0.15) is 0 Å². The Morgan fingerprint density at radius 2 is 1.67 bits per heavy atom. The number of nitrogens with two attached hydrogens (primary N) is 1. The molecule has 1 aliphatic heterocycles. The maximum absolute atomic E-state index is 5.94. The molecular weight excluding hydrogens is 224 g/mol. The molecule has 3 nitrogen and oxygen atoms in total. The molecule has 1 heterocycles. The van der Waals surface area contributed by atoms with Gasteiger partial charge in [0.25, 0.3) is 0 Å². The first-order chi connectivity index (χ1) is 8.56. The predicted molar refractivity (Wildman–Crippen MR) is 77.6 cm³/mol. The highest BCUT2D eigenvalue weighted by molar-refractivity contribution is 4.81. The fourth-order valence-corrected chi connectivity index (χ4v) is 3.09. The largest absolute Gasteiger partial charge is 0.381 e. The molecule has 0 aromatic carbocycles. The van der Waals surface area contributed by atoms with Crippen LogP contribution in [0, 0.1) is 23.7 Å². The summed E-state index contributed by atoms with van der Waals surface area (Å²) in [4.78, 5) is 0. The van der Waals surface area contributed by atoms with E-state index in [1.807, 2.05) is 0 Å². The lowest BCUT2D eigenvalue weighted by Gasteiger charge is -2.33. The van der Waals surface area contributed by atoms with Crippen molar-refractivity contribution in [3.63, 3.8) is 0 Å². The molecule has 0 saturated carbocycles. The summed E-state index contributed by atoms with van der Waals surface area (Å²) in [5.41, 5.74) is 5.94. The van der Waals surface area contributed by atoms with Crippen LogP contribution in [0.3, 0.4) is 0 Å². The zero-order valence-electron chi connectivity index (χ0n) is 12.6. The maximum Gasteiger partial charge on any atom is 0.0469 e. The van der Waals surface area contributed by atoms with E-state index in [9.17, 15) is 0 Å². The Morgan fingerprint density at radius 1 is 1.11 bits per heavy atom. The second-order valence-corrected chi connectivity index (χ2v) is 6.35. The molecule has 3 heteroatoms. The molecule has 1 rings (SSSR count). The van der Waals surface area contributed by atoms with E-state index in [1.165, 1.54) is 0 Å². The molecule has 0 aromatic rings. The van der Waals surface area contributed by atoms with Crippen LogP contribution >= 0.6 is 0 Å². The first kappa shape index (κ1) is 15.9. The highest BCUT2D eigenvalue weighted by Gasteiger charge is 2.24. The summed E-state index contributed by atoms with van der Waals surface area (Å²) in [6, 6.07) is 0.467. The van der Waals surface area contributed by atoms with Crippen LogP contribution in [0.2, 0.25) is 0 Å². The number of rotatable bonds is 7. The number of hydrogen-bond donors (Lipinski definition) is 2. The summed E-state index contributed by atoms with van der Waals surface area (Å²) < 4.78 is 5.43. The van der Waals surface area contributed by atoms with E-state index in [-0.39, 0.29) is 0 Å². The van der Waals surface area contributed by atoms with Gasteiger partial charge in [0.1, 0.15) is 0 Å². The van der Waals surface area contributed by atoms with E-state index >= 15 is 0 Å². The van der Waals surface area contributed by atoms with Crippen molar-refractivity contribution >= 4 is 0 Å². The van der Waals surface area contributed by atoms with E-state index in [0.29, 0.717) is 12.0 Å². The van der Waals surface area contributed by atoms with Crippen molar-refractivity contribution in [1.82, 2.24) is 5.32 Å². The van der Waals surface area contributed by atoms with Crippen LogP contribution in [0.1, 0.15) is 40.5 Å². The summed E-state index contributed by atoms with van der Waals surface area (Å²) in [6.45, 7) is 12.9. The SMILES string of the molecule is CC(C)C(CNC(CN)C1CCOCC1)C(C)C. The molecule has 1 atom stereocenters. The standard InChI is InChI=1S/C15H32N2O/c1-11(2)14(12(3)4)10-17-15(9-16)13-5-7-18-8-6-13/h11-15,17H,5-10,16H2,1-4H3. The minimum absolute atomic E-state index is 0.467. The lowest BCUT2D eigenvalue weighted by Crippen LogP contribution is -2.47. The van der Waals surface area contributed by atoms with Crippen molar-refractivity contribution < 1.29 is 4.74 Å². The third kappa shape index (κ3) is 4.87. The second-order valence-electron chi connectivity index (χ2n) is 6.35. The summed E-state index contributed by atoms with van der Waals surface area (Å²) in [5.74, 6) is 2.89. The van der Waals surface area contributed by atoms with E-state index in [4.69, 9.17) is 10.5 Å². The molecular formula is C15H32N2O. The van der Waals surface area contributed by atoms with Gasteiger partial charge in [0.15, 0.2) is 0 Å². The third-order valence-corrected chi connectivity index (χ3v) is 4.42. The lowest BCUT2D eigenvalue weighted by molar-refractivity contribution is 0.0534. The second kappa shape index (κ2) is 8.13.